The molecule has 0 bridgehead atoms. The van der Waals surface area contributed by atoms with E-state index in [-0.39, 0.29) is 0 Å². The van der Waals surface area contributed by atoms with E-state index in [0.717, 1.165) is 26.1 Å². The van der Waals surface area contributed by atoms with Gasteiger partial charge in [-0.15, -0.1) is 0 Å². The van der Waals surface area contributed by atoms with Gasteiger partial charge in [0.25, 0.3) is 0 Å². The Morgan fingerprint density at radius 2 is 2.40 bits per heavy atom. The molecule has 0 aliphatic carbocycles. The van der Waals surface area contributed by atoms with Gasteiger partial charge in [-0.05, 0) is 20.0 Å². The van der Waals surface area contributed by atoms with Crippen molar-refractivity contribution in [2.75, 3.05) is 26.7 Å². The second-order valence-electron chi connectivity index (χ2n) is 4.74. The topological polar surface area (TPSA) is 44.0 Å². The number of hydrogen-bond donors (Lipinski definition) is 2. The van der Waals surface area contributed by atoms with E-state index in [2.05, 4.69) is 27.5 Å². The minimum atomic E-state index is 0.648. The minimum Gasteiger partial charge on any atom is -0.312 e. The zero-order valence-corrected chi connectivity index (χ0v) is 9.21. The molecule has 3 rings (SSSR count). The van der Waals surface area contributed by atoms with Gasteiger partial charge in [-0.2, -0.15) is 5.10 Å². The lowest BCUT2D eigenvalue weighted by Gasteiger charge is -2.15. The summed E-state index contributed by atoms with van der Waals surface area (Å²) in [6, 6.07) is 0. The molecular formula is C11H18N4. The largest absolute Gasteiger partial charge is 0.312 e. The SMILES string of the molecule is CN1CCC(c2n[nH]c3c2CNCC3)C1. The quantitative estimate of drug-likeness (QED) is 0.702. The third-order valence-corrected chi connectivity index (χ3v) is 3.62. The fraction of sp³-hybridized carbons (Fsp3) is 0.727. The first-order valence-electron chi connectivity index (χ1n) is 5.80. The first-order valence-corrected chi connectivity index (χ1v) is 5.80. The standard InChI is InChI=1S/C11H18N4/c1-15-5-3-8(7-15)11-9-6-12-4-2-10(9)13-14-11/h8,12H,2-7H2,1H3,(H,13,14). The summed E-state index contributed by atoms with van der Waals surface area (Å²) in [5.74, 6) is 0.648. The van der Waals surface area contributed by atoms with Gasteiger partial charge in [0, 0.05) is 43.2 Å². The first kappa shape index (κ1) is 9.36. The van der Waals surface area contributed by atoms with Crippen LogP contribution in [-0.2, 0) is 13.0 Å². The second-order valence-corrected chi connectivity index (χ2v) is 4.74. The van der Waals surface area contributed by atoms with Gasteiger partial charge in [0.05, 0.1) is 5.69 Å². The zero-order chi connectivity index (χ0) is 10.3. The Morgan fingerprint density at radius 3 is 3.20 bits per heavy atom. The minimum absolute atomic E-state index is 0.648. The summed E-state index contributed by atoms with van der Waals surface area (Å²) in [6.07, 6.45) is 2.36. The Kier molecular flexibility index (Phi) is 2.25. The highest BCUT2D eigenvalue weighted by molar-refractivity contribution is 5.30. The smallest absolute Gasteiger partial charge is 0.0714 e. The van der Waals surface area contributed by atoms with E-state index in [4.69, 9.17) is 0 Å². The van der Waals surface area contributed by atoms with Gasteiger partial charge in [-0.3, -0.25) is 5.10 Å². The molecule has 15 heavy (non-hydrogen) atoms. The van der Waals surface area contributed by atoms with Crippen LogP contribution in [0.4, 0.5) is 0 Å². The predicted molar refractivity (Wildman–Crippen MR) is 58.9 cm³/mol. The van der Waals surface area contributed by atoms with Crippen molar-refractivity contribution in [3.8, 4) is 0 Å². The number of nitrogens with one attached hydrogen (secondary N) is 2. The molecule has 1 aromatic heterocycles. The van der Waals surface area contributed by atoms with Crippen molar-refractivity contribution < 1.29 is 0 Å². The van der Waals surface area contributed by atoms with Crippen LogP contribution in [0.3, 0.4) is 0 Å². The van der Waals surface area contributed by atoms with Gasteiger partial charge in [0.1, 0.15) is 0 Å². The molecule has 0 spiro atoms. The number of likely N-dealkylation sites (N-methyl/N-ethyl adjacent to an activating group) is 1. The number of rotatable bonds is 1. The van der Waals surface area contributed by atoms with Crippen LogP contribution in [-0.4, -0.2) is 41.8 Å². The highest BCUT2D eigenvalue weighted by Crippen LogP contribution is 2.29. The molecule has 4 heteroatoms. The lowest BCUT2D eigenvalue weighted by atomic mass is 9.97. The maximum absolute atomic E-state index is 4.52. The molecular weight excluding hydrogens is 188 g/mol. The molecule has 2 aliphatic rings. The molecule has 1 fully saturated rings. The Labute approximate surface area is 90.0 Å². The Morgan fingerprint density at radius 1 is 1.47 bits per heavy atom. The molecule has 1 aromatic rings. The van der Waals surface area contributed by atoms with Crippen molar-refractivity contribution >= 4 is 0 Å². The van der Waals surface area contributed by atoms with E-state index in [1.54, 1.807) is 0 Å². The van der Waals surface area contributed by atoms with Crippen LogP contribution in [0.15, 0.2) is 0 Å². The van der Waals surface area contributed by atoms with Crippen LogP contribution < -0.4 is 5.32 Å². The van der Waals surface area contributed by atoms with Crippen LogP contribution in [0.25, 0.3) is 0 Å². The average Bonchev–Trinajstić information content (AvgIpc) is 2.83. The summed E-state index contributed by atoms with van der Waals surface area (Å²) in [7, 11) is 2.19. The van der Waals surface area contributed by atoms with Crippen LogP contribution in [0, 0.1) is 0 Å². The third-order valence-electron chi connectivity index (χ3n) is 3.62. The van der Waals surface area contributed by atoms with Crippen molar-refractivity contribution in [2.24, 2.45) is 0 Å². The average molecular weight is 206 g/mol. The van der Waals surface area contributed by atoms with Crippen LogP contribution in [0.5, 0.6) is 0 Å². The highest BCUT2D eigenvalue weighted by atomic mass is 15.2. The van der Waals surface area contributed by atoms with Crippen LogP contribution >= 0.6 is 0 Å². The van der Waals surface area contributed by atoms with Gasteiger partial charge in [-0.25, -0.2) is 0 Å². The van der Waals surface area contributed by atoms with E-state index in [1.807, 2.05) is 0 Å². The van der Waals surface area contributed by atoms with Crippen LogP contribution in [0.2, 0.25) is 0 Å². The number of aromatic amines is 1. The monoisotopic (exact) mass is 206 g/mol. The maximum Gasteiger partial charge on any atom is 0.0714 e. The molecule has 82 valence electrons. The van der Waals surface area contributed by atoms with Crippen LogP contribution in [0.1, 0.15) is 29.3 Å². The Balaban J connectivity index is 1.88. The zero-order valence-electron chi connectivity index (χ0n) is 9.21. The molecule has 0 amide bonds. The normalized spacial score (nSPS) is 26.9. The van der Waals surface area contributed by atoms with E-state index in [9.17, 15) is 0 Å². The van der Waals surface area contributed by atoms with Crippen molar-refractivity contribution in [3.63, 3.8) is 0 Å². The Bertz CT molecular complexity index is 357. The van der Waals surface area contributed by atoms with E-state index < -0.39 is 0 Å². The maximum atomic E-state index is 4.52. The number of hydrogen-bond acceptors (Lipinski definition) is 3. The highest BCUT2D eigenvalue weighted by Gasteiger charge is 2.27. The van der Waals surface area contributed by atoms with Gasteiger partial charge < -0.3 is 10.2 Å². The van der Waals surface area contributed by atoms with Crippen molar-refractivity contribution in [3.05, 3.63) is 17.0 Å². The molecule has 0 aromatic carbocycles. The predicted octanol–water partition coefficient (Wildman–Crippen LogP) is 0.474. The number of likely N-dealkylation sites (tertiary alicyclic amines) is 1. The molecule has 3 heterocycles. The summed E-state index contributed by atoms with van der Waals surface area (Å²) in [6.45, 7) is 4.46. The number of aromatic nitrogens is 2. The summed E-state index contributed by atoms with van der Waals surface area (Å²) in [4.78, 5) is 2.39. The second kappa shape index (κ2) is 3.61. The van der Waals surface area contributed by atoms with E-state index in [0.29, 0.717) is 5.92 Å². The first-order chi connectivity index (χ1) is 7.34. The lowest BCUT2D eigenvalue weighted by molar-refractivity contribution is 0.410. The molecule has 4 nitrogen and oxygen atoms in total. The summed E-state index contributed by atoms with van der Waals surface area (Å²) in [5, 5.41) is 11.2. The third kappa shape index (κ3) is 1.58. The Hall–Kier alpha value is -0.870. The summed E-state index contributed by atoms with van der Waals surface area (Å²) >= 11 is 0. The van der Waals surface area contributed by atoms with Crippen molar-refractivity contribution in [1.29, 1.82) is 0 Å². The number of fused-ring (bicyclic) bond motifs is 1. The van der Waals surface area contributed by atoms with Gasteiger partial charge in [-0.1, -0.05) is 0 Å². The molecule has 0 radical (unpaired) electrons. The number of H-pyrrole nitrogens is 1. The molecule has 1 unspecified atom stereocenters. The molecule has 0 saturated carbocycles. The van der Waals surface area contributed by atoms with Gasteiger partial charge in [0.15, 0.2) is 0 Å². The van der Waals surface area contributed by atoms with Gasteiger partial charge in [0.2, 0.25) is 0 Å². The fourth-order valence-corrected chi connectivity index (χ4v) is 2.74. The molecule has 1 saturated heterocycles. The summed E-state index contributed by atoms with van der Waals surface area (Å²) in [5.41, 5.74) is 4.13. The van der Waals surface area contributed by atoms with Crippen molar-refractivity contribution in [2.45, 2.75) is 25.3 Å². The number of nitrogens with zero attached hydrogens (tertiary/aromatic N) is 2. The summed E-state index contributed by atoms with van der Waals surface area (Å²) < 4.78 is 0. The van der Waals surface area contributed by atoms with E-state index in [1.165, 1.54) is 29.9 Å². The lowest BCUT2D eigenvalue weighted by Crippen LogP contribution is -2.24. The molecule has 2 aliphatic heterocycles. The molecule has 1 atom stereocenters. The van der Waals surface area contributed by atoms with E-state index >= 15 is 0 Å². The van der Waals surface area contributed by atoms with Gasteiger partial charge >= 0.3 is 0 Å². The fourth-order valence-electron chi connectivity index (χ4n) is 2.74. The molecule has 2 N–H and O–H groups in total. The van der Waals surface area contributed by atoms with Crippen molar-refractivity contribution in [1.82, 2.24) is 20.4 Å².